The molecule has 30 heavy (non-hydrogen) atoms. The van der Waals surface area contributed by atoms with Gasteiger partial charge in [0.1, 0.15) is 0 Å². The number of hydrogen-bond donors (Lipinski definition) is 4. The lowest BCUT2D eigenvalue weighted by Gasteiger charge is -2.23. The molecule has 0 spiro atoms. The fourth-order valence-corrected chi connectivity index (χ4v) is 4.55. The summed E-state index contributed by atoms with van der Waals surface area (Å²) >= 11 is 0. The van der Waals surface area contributed by atoms with Crippen LogP contribution in [-0.4, -0.2) is 22.0 Å². The first kappa shape index (κ1) is 20.4. The summed E-state index contributed by atoms with van der Waals surface area (Å²) in [7, 11) is 0. The first-order valence-electron chi connectivity index (χ1n) is 10.8. The van der Waals surface area contributed by atoms with Crippen molar-refractivity contribution >= 4 is 11.6 Å². The van der Waals surface area contributed by atoms with Crippen LogP contribution < -0.4 is 27.4 Å². The minimum absolute atomic E-state index is 0.000436. The maximum Gasteiger partial charge on any atom is 0.328 e. The zero-order valence-electron chi connectivity index (χ0n) is 17.3. The van der Waals surface area contributed by atoms with E-state index in [1.54, 1.807) is 0 Å². The second-order valence-electron chi connectivity index (χ2n) is 8.24. The van der Waals surface area contributed by atoms with Gasteiger partial charge in [-0.3, -0.25) is 19.6 Å². The van der Waals surface area contributed by atoms with Crippen LogP contribution in [-0.2, 0) is 11.2 Å². The maximum atomic E-state index is 13.0. The number of aromatic amines is 1. The highest BCUT2D eigenvalue weighted by Crippen LogP contribution is 2.29. The van der Waals surface area contributed by atoms with E-state index in [9.17, 15) is 14.4 Å². The number of hydrazine groups is 1. The van der Waals surface area contributed by atoms with Gasteiger partial charge in [0.05, 0.1) is 12.6 Å². The first-order chi connectivity index (χ1) is 14.5. The van der Waals surface area contributed by atoms with Gasteiger partial charge in [0, 0.05) is 23.0 Å². The molecular weight excluding hydrogens is 382 g/mol. The second kappa shape index (κ2) is 8.87. The zero-order valence-corrected chi connectivity index (χ0v) is 17.3. The molecule has 1 amide bonds. The molecule has 1 fully saturated rings. The second-order valence-corrected chi connectivity index (χ2v) is 8.24. The molecule has 1 atom stereocenters. The van der Waals surface area contributed by atoms with E-state index in [4.69, 9.17) is 0 Å². The van der Waals surface area contributed by atoms with Crippen LogP contribution in [0.3, 0.4) is 0 Å². The van der Waals surface area contributed by atoms with E-state index in [0.29, 0.717) is 24.1 Å². The number of H-pyrrole nitrogens is 1. The highest BCUT2D eigenvalue weighted by molar-refractivity contribution is 5.80. The number of fused-ring (bicyclic) bond motifs is 1. The fourth-order valence-electron chi connectivity index (χ4n) is 4.55. The molecule has 2 aromatic rings. The van der Waals surface area contributed by atoms with E-state index in [0.717, 1.165) is 36.9 Å². The lowest BCUT2D eigenvalue weighted by Crippen LogP contribution is -2.44. The van der Waals surface area contributed by atoms with Crippen LogP contribution >= 0.6 is 0 Å². The summed E-state index contributed by atoms with van der Waals surface area (Å²) in [5.74, 6) is -0.218. The third-order valence-electron chi connectivity index (χ3n) is 6.20. The lowest BCUT2D eigenvalue weighted by atomic mass is 9.95. The number of anilines is 1. The molecule has 1 heterocycles. The Bertz CT molecular complexity index is 1040. The zero-order chi connectivity index (χ0) is 21.1. The van der Waals surface area contributed by atoms with Crippen molar-refractivity contribution in [2.45, 2.75) is 64.0 Å². The average molecular weight is 412 g/mol. The number of hydrogen-bond acceptors (Lipinski definition) is 5. The number of aryl methyl sites for hydroxylation is 1. The molecule has 8 heteroatoms. The molecule has 0 saturated heterocycles. The van der Waals surface area contributed by atoms with Crippen molar-refractivity contribution in [3.05, 3.63) is 61.9 Å². The van der Waals surface area contributed by atoms with Crippen molar-refractivity contribution in [2.24, 2.45) is 0 Å². The quantitative estimate of drug-likeness (QED) is 0.544. The van der Waals surface area contributed by atoms with Gasteiger partial charge < -0.3 is 10.3 Å². The van der Waals surface area contributed by atoms with Gasteiger partial charge in [0.2, 0.25) is 0 Å². The Labute approximate surface area is 175 Å². The summed E-state index contributed by atoms with van der Waals surface area (Å²) in [6.45, 7) is 2.10. The average Bonchev–Trinajstić information content (AvgIpc) is 3.15. The number of nitrogens with one attached hydrogen (secondary N) is 4. The number of para-hydroxylation sites is 1. The van der Waals surface area contributed by atoms with Crippen molar-refractivity contribution in [2.75, 3.05) is 11.9 Å². The Balaban J connectivity index is 1.40. The molecule has 2 aliphatic rings. The van der Waals surface area contributed by atoms with Gasteiger partial charge >= 0.3 is 5.69 Å². The highest BCUT2D eigenvalue weighted by atomic mass is 16.2. The van der Waals surface area contributed by atoms with Crippen LogP contribution in [0.4, 0.5) is 5.69 Å². The van der Waals surface area contributed by atoms with Gasteiger partial charge in [0.25, 0.3) is 11.5 Å². The fraction of sp³-hybridized carbons (Fsp3) is 0.500. The number of amides is 1. The van der Waals surface area contributed by atoms with Crippen LogP contribution in [0.1, 0.15) is 67.4 Å². The number of aromatic nitrogens is 2. The van der Waals surface area contributed by atoms with Gasteiger partial charge in [-0.25, -0.2) is 10.2 Å². The summed E-state index contributed by atoms with van der Waals surface area (Å²) in [4.78, 5) is 40.8. The summed E-state index contributed by atoms with van der Waals surface area (Å²) in [5, 5.41) is 3.11. The van der Waals surface area contributed by atoms with E-state index >= 15 is 0 Å². The monoisotopic (exact) mass is 411 g/mol. The molecule has 1 aromatic heterocycles. The van der Waals surface area contributed by atoms with E-state index < -0.39 is 0 Å². The molecule has 1 unspecified atom stereocenters. The van der Waals surface area contributed by atoms with Crippen molar-refractivity contribution < 1.29 is 4.79 Å². The van der Waals surface area contributed by atoms with Crippen LogP contribution in [0, 0.1) is 6.92 Å². The van der Waals surface area contributed by atoms with Gasteiger partial charge in [-0.05, 0) is 44.2 Å². The molecule has 0 bridgehead atoms. The van der Waals surface area contributed by atoms with Gasteiger partial charge in [-0.2, -0.15) is 0 Å². The lowest BCUT2D eigenvalue weighted by molar-refractivity contribution is -0.120. The number of nitrogens with zero attached hydrogens (tertiary/aromatic N) is 1. The summed E-state index contributed by atoms with van der Waals surface area (Å²) < 4.78 is 1.42. The normalized spacial score (nSPS) is 18.8. The minimum atomic E-state index is -0.341. The molecule has 1 saturated carbocycles. The molecule has 0 radical (unpaired) electrons. The molecule has 8 nitrogen and oxygen atoms in total. The van der Waals surface area contributed by atoms with Gasteiger partial charge in [0.15, 0.2) is 0 Å². The molecular formula is C22H29N5O3. The number of carbonyl (C=O) groups excluding carboxylic acids is 1. The highest BCUT2D eigenvalue weighted by Gasteiger charge is 2.30. The van der Waals surface area contributed by atoms with Crippen molar-refractivity contribution in [3.8, 4) is 0 Å². The molecule has 4 rings (SSSR count). The van der Waals surface area contributed by atoms with Crippen LogP contribution in [0.2, 0.25) is 0 Å². The van der Waals surface area contributed by atoms with E-state index in [1.165, 1.54) is 11.0 Å². The van der Waals surface area contributed by atoms with E-state index in [1.807, 2.05) is 31.2 Å². The predicted molar refractivity (Wildman–Crippen MR) is 115 cm³/mol. The Hall–Kier alpha value is -2.87. The third kappa shape index (κ3) is 4.18. The summed E-state index contributed by atoms with van der Waals surface area (Å²) in [6.07, 6.45) is 6.29. The van der Waals surface area contributed by atoms with Crippen molar-refractivity contribution in [1.82, 2.24) is 20.4 Å². The Morgan fingerprint density at radius 2 is 1.90 bits per heavy atom. The summed E-state index contributed by atoms with van der Waals surface area (Å²) in [6, 6.07) is 7.49. The summed E-state index contributed by atoms with van der Waals surface area (Å²) in [5.41, 5.74) is 8.40. The number of rotatable bonds is 6. The molecule has 2 aliphatic carbocycles. The standard InChI is InChI=1S/C22H29N5O3/c1-14-7-5-6-10-17(14)23-13-19(28)26-25-18-12-11-16-20(18)24-22(30)27(21(16)29)15-8-3-2-4-9-15/h5-7,10,15,18,23,25H,2-4,8-9,11-13H2,1H3,(H,24,30)(H,26,28). The van der Waals surface area contributed by atoms with Crippen LogP contribution in [0.15, 0.2) is 33.9 Å². The van der Waals surface area contributed by atoms with E-state index in [-0.39, 0.29) is 35.8 Å². The number of carbonyl (C=O) groups is 1. The van der Waals surface area contributed by atoms with Crippen molar-refractivity contribution in [3.63, 3.8) is 0 Å². The van der Waals surface area contributed by atoms with Crippen LogP contribution in [0.5, 0.6) is 0 Å². The van der Waals surface area contributed by atoms with Crippen LogP contribution in [0.25, 0.3) is 0 Å². The minimum Gasteiger partial charge on any atom is -0.376 e. The Kier molecular flexibility index (Phi) is 6.03. The Morgan fingerprint density at radius 3 is 2.67 bits per heavy atom. The topological polar surface area (TPSA) is 108 Å². The molecule has 4 N–H and O–H groups in total. The molecule has 160 valence electrons. The van der Waals surface area contributed by atoms with Gasteiger partial charge in [-0.15, -0.1) is 0 Å². The third-order valence-corrected chi connectivity index (χ3v) is 6.20. The SMILES string of the molecule is Cc1ccccc1NCC(=O)NNC1CCc2c1[nH]c(=O)n(C1CCCCC1)c2=O. The molecule has 0 aliphatic heterocycles. The largest absolute Gasteiger partial charge is 0.376 e. The van der Waals surface area contributed by atoms with Crippen molar-refractivity contribution in [1.29, 1.82) is 0 Å². The Morgan fingerprint density at radius 1 is 1.13 bits per heavy atom. The maximum absolute atomic E-state index is 13.0. The van der Waals surface area contributed by atoms with E-state index in [2.05, 4.69) is 21.2 Å². The number of benzene rings is 1. The molecule has 1 aromatic carbocycles. The predicted octanol–water partition coefficient (Wildman–Crippen LogP) is 2.07. The first-order valence-corrected chi connectivity index (χ1v) is 10.8. The van der Waals surface area contributed by atoms with Gasteiger partial charge in [-0.1, -0.05) is 37.5 Å². The smallest absolute Gasteiger partial charge is 0.328 e.